The van der Waals surface area contributed by atoms with Gasteiger partial charge in [-0.3, -0.25) is 9.59 Å². The largest absolute Gasteiger partial charge is 0.484 e. The molecule has 0 bridgehead atoms. The van der Waals surface area contributed by atoms with Crippen LogP contribution in [0.5, 0.6) is 5.75 Å². The molecule has 0 saturated heterocycles. The highest BCUT2D eigenvalue weighted by atomic mass is 16.5. The lowest BCUT2D eigenvalue weighted by Gasteiger charge is -2.15. The minimum Gasteiger partial charge on any atom is -0.484 e. The molecule has 0 radical (unpaired) electrons. The summed E-state index contributed by atoms with van der Waals surface area (Å²) in [6.45, 7) is 2.39. The highest BCUT2D eigenvalue weighted by Gasteiger charge is 2.23. The van der Waals surface area contributed by atoms with E-state index in [1.807, 2.05) is 31.2 Å². The summed E-state index contributed by atoms with van der Waals surface area (Å²) in [4.78, 5) is 24.0. The van der Waals surface area contributed by atoms with Crippen LogP contribution in [0.3, 0.4) is 0 Å². The number of ether oxygens (including phenoxy) is 1. The van der Waals surface area contributed by atoms with Gasteiger partial charge < -0.3 is 21.1 Å². The van der Waals surface area contributed by atoms with Crippen molar-refractivity contribution in [2.24, 2.45) is 5.73 Å². The van der Waals surface area contributed by atoms with Gasteiger partial charge in [0.15, 0.2) is 6.61 Å². The Kier molecular flexibility index (Phi) is 6.08. The van der Waals surface area contributed by atoms with Gasteiger partial charge in [0.1, 0.15) is 5.75 Å². The van der Waals surface area contributed by atoms with E-state index in [2.05, 4.69) is 10.6 Å². The lowest BCUT2D eigenvalue weighted by atomic mass is 10.1. The Morgan fingerprint density at radius 1 is 1.11 bits per heavy atom. The number of benzene rings is 2. The third-order valence-corrected chi connectivity index (χ3v) is 4.49. The normalized spacial score (nSPS) is 14.3. The van der Waals surface area contributed by atoms with Crippen molar-refractivity contribution in [1.82, 2.24) is 10.6 Å². The van der Waals surface area contributed by atoms with E-state index in [0.717, 1.165) is 24.0 Å². The first-order chi connectivity index (χ1) is 13.0. The van der Waals surface area contributed by atoms with Gasteiger partial charge in [-0.1, -0.05) is 24.3 Å². The lowest BCUT2D eigenvalue weighted by molar-refractivity contribution is -0.123. The summed E-state index contributed by atoms with van der Waals surface area (Å²) < 4.78 is 5.49. The van der Waals surface area contributed by atoms with E-state index in [1.165, 1.54) is 0 Å². The molecule has 27 heavy (non-hydrogen) atoms. The maximum atomic E-state index is 12.4. The molecule has 1 saturated carbocycles. The van der Waals surface area contributed by atoms with Crippen LogP contribution in [-0.2, 0) is 11.3 Å². The predicted molar refractivity (Wildman–Crippen MR) is 103 cm³/mol. The van der Waals surface area contributed by atoms with Crippen LogP contribution < -0.4 is 21.1 Å². The van der Waals surface area contributed by atoms with Gasteiger partial charge in [0, 0.05) is 18.2 Å². The Bertz CT molecular complexity index is 783. The summed E-state index contributed by atoms with van der Waals surface area (Å²) in [6, 6.07) is 14.8. The van der Waals surface area contributed by atoms with Crippen LogP contribution in [-0.4, -0.2) is 24.5 Å². The molecule has 1 aliphatic rings. The molecule has 142 valence electrons. The molecule has 2 amide bonds. The third kappa shape index (κ3) is 5.56. The van der Waals surface area contributed by atoms with E-state index in [9.17, 15) is 9.59 Å². The molecule has 0 spiro atoms. The molecule has 1 atom stereocenters. The molecule has 0 aliphatic heterocycles. The molecular weight excluding hydrogens is 342 g/mol. The van der Waals surface area contributed by atoms with Gasteiger partial charge >= 0.3 is 0 Å². The fraction of sp³-hybridized carbons (Fsp3) is 0.333. The molecular formula is C21H25N3O3. The number of hydrogen-bond acceptors (Lipinski definition) is 4. The fourth-order valence-corrected chi connectivity index (χ4v) is 2.65. The predicted octanol–water partition coefficient (Wildman–Crippen LogP) is 2.29. The maximum Gasteiger partial charge on any atom is 0.258 e. The summed E-state index contributed by atoms with van der Waals surface area (Å²) in [5.74, 6) is 0.395. The van der Waals surface area contributed by atoms with Gasteiger partial charge in [-0.2, -0.15) is 0 Å². The van der Waals surface area contributed by atoms with Crippen molar-refractivity contribution in [3.8, 4) is 5.75 Å². The smallest absolute Gasteiger partial charge is 0.258 e. The second kappa shape index (κ2) is 8.68. The first kappa shape index (κ1) is 18.9. The quantitative estimate of drug-likeness (QED) is 0.667. The molecule has 6 nitrogen and oxygen atoms in total. The van der Waals surface area contributed by atoms with E-state index in [-0.39, 0.29) is 24.5 Å². The van der Waals surface area contributed by atoms with Crippen LogP contribution in [0.4, 0.5) is 0 Å². The van der Waals surface area contributed by atoms with Crippen molar-refractivity contribution in [1.29, 1.82) is 0 Å². The Balaban J connectivity index is 1.50. The molecule has 0 aromatic heterocycles. The summed E-state index contributed by atoms with van der Waals surface area (Å²) in [6.07, 6.45) is 2.11. The zero-order chi connectivity index (χ0) is 19.2. The average molecular weight is 367 g/mol. The number of carbonyl (C=O) groups is 2. The highest BCUT2D eigenvalue weighted by molar-refractivity contribution is 5.94. The van der Waals surface area contributed by atoms with E-state index in [1.54, 1.807) is 24.3 Å². The average Bonchev–Trinajstić information content (AvgIpc) is 3.50. The minimum atomic E-state index is -0.154. The summed E-state index contributed by atoms with van der Waals surface area (Å²) in [5, 5.41) is 5.85. The number of rotatable bonds is 8. The minimum absolute atomic E-state index is 0.0148. The zero-order valence-electron chi connectivity index (χ0n) is 15.4. The molecule has 6 heteroatoms. The number of carbonyl (C=O) groups excluding carboxylic acids is 2. The first-order valence-electron chi connectivity index (χ1n) is 9.17. The van der Waals surface area contributed by atoms with Gasteiger partial charge in [-0.25, -0.2) is 0 Å². The number of hydrogen-bond donors (Lipinski definition) is 3. The van der Waals surface area contributed by atoms with Crippen molar-refractivity contribution in [3.63, 3.8) is 0 Å². The molecule has 2 aromatic rings. The van der Waals surface area contributed by atoms with Crippen LogP contribution in [0.2, 0.25) is 0 Å². The summed E-state index contributed by atoms with van der Waals surface area (Å²) in [7, 11) is 0. The van der Waals surface area contributed by atoms with Gasteiger partial charge in [0.2, 0.25) is 0 Å². The van der Waals surface area contributed by atoms with Crippen molar-refractivity contribution in [2.45, 2.75) is 38.4 Å². The topological polar surface area (TPSA) is 93.5 Å². The van der Waals surface area contributed by atoms with Gasteiger partial charge in [-0.15, -0.1) is 0 Å². The second-order valence-electron chi connectivity index (χ2n) is 6.80. The molecule has 2 aromatic carbocycles. The van der Waals surface area contributed by atoms with Crippen LogP contribution in [0.25, 0.3) is 0 Å². The monoisotopic (exact) mass is 367 g/mol. The number of nitrogens with one attached hydrogen (secondary N) is 2. The molecule has 4 N–H and O–H groups in total. The number of amides is 2. The molecule has 1 fully saturated rings. The van der Waals surface area contributed by atoms with Crippen molar-refractivity contribution >= 4 is 11.8 Å². The fourth-order valence-electron chi connectivity index (χ4n) is 2.65. The maximum absolute atomic E-state index is 12.4. The van der Waals surface area contributed by atoms with Crippen molar-refractivity contribution in [3.05, 3.63) is 65.2 Å². The SMILES string of the molecule is CC(NC(=O)c1ccc(CN)cc1)c1ccc(OCC(=O)NC2CC2)cc1. The Morgan fingerprint density at radius 3 is 2.37 bits per heavy atom. The number of nitrogens with two attached hydrogens (primary N) is 1. The van der Waals surface area contributed by atoms with Crippen LogP contribution >= 0.6 is 0 Å². The van der Waals surface area contributed by atoms with Crippen LogP contribution in [0.15, 0.2) is 48.5 Å². The summed E-state index contributed by atoms with van der Waals surface area (Å²) >= 11 is 0. The molecule has 1 aliphatic carbocycles. The van der Waals surface area contributed by atoms with E-state index >= 15 is 0 Å². The zero-order valence-corrected chi connectivity index (χ0v) is 15.4. The molecule has 3 rings (SSSR count). The second-order valence-corrected chi connectivity index (χ2v) is 6.80. The Labute approximate surface area is 159 Å². The van der Waals surface area contributed by atoms with E-state index in [4.69, 9.17) is 10.5 Å². The van der Waals surface area contributed by atoms with E-state index in [0.29, 0.717) is 23.9 Å². The Morgan fingerprint density at radius 2 is 1.78 bits per heavy atom. The Hall–Kier alpha value is -2.86. The van der Waals surface area contributed by atoms with Crippen molar-refractivity contribution in [2.75, 3.05) is 6.61 Å². The summed E-state index contributed by atoms with van der Waals surface area (Å²) in [5.41, 5.74) is 8.11. The van der Waals surface area contributed by atoms with Gasteiger partial charge in [-0.05, 0) is 55.2 Å². The first-order valence-corrected chi connectivity index (χ1v) is 9.17. The van der Waals surface area contributed by atoms with Crippen LogP contribution in [0, 0.1) is 0 Å². The van der Waals surface area contributed by atoms with Gasteiger partial charge in [0.25, 0.3) is 11.8 Å². The van der Waals surface area contributed by atoms with Gasteiger partial charge in [0.05, 0.1) is 6.04 Å². The standard InChI is InChI=1S/C21H25N3O3/c1-14(23-21(26)17-4-2-15(12-22)3-5-17)16-6-10-19(11-7-16)27-13-20(25)24-18-8-9-18/h2-7,10-11,14,18H,8-9,12-13,22H2,1H3,(H,23,26)(H,24,25). The molecule has 0 heterocycles. The highest BCUT2D eigenvalue weighted by Crippen LogP contribution is 2.20. The van der Waals surface area contributed by atoms with E-state index < -0.39 is 0 Å². The molecule has 1 unspecified atom stereocenters. The third-order valence-electron chi connectivity index (χ3n) is 4.49. The lowest BCUT2D eigenvalue weighted by Crippen LogP contribution is -2.30. The van der Waals surface area contributed by atoms with Crippen LogP contribution in [0.1, 0.15) is 47.3 Å². The van der Waals surface area contributed by atoms with Crippen molar-refractivity contribution < 1.29 is 14.3 Å².